The highest BCUT2D eigenvalue weighted by Crippen LogP contribution is 2.42. The highest BCUT2D eigenvalue weighted by molar-refractivity contribution is 7.20. The van der Waals surface area contributed by atoms with Crippen molar-refractivity contribution in [3.63, 3.8) is 0 Å². The molecule has 4 rings (SSSR count). The first-order valence-corrected chi connectivity index (χ1v) is 10.5. The van der Waals surface area contributed by atoms with Crippen LogP contribution >= 0.6 is 11.3 Å². The molecule has 5 nitrogen and oxygen atoms in total. The van der Waals surface area contributed by atoms with E-state index in [1.54, 1.807) is 12.1 Å². The maximum atomic E-state index is 13.5. The van der Waals surface area contributed by atoms with Crippen LogP contribution < -0.4 is 10.9 Å². The number of alkyl halides is 3. The van der Waals surface area contributed by atoms with Gasteiger partial charge in [-0.05, 0) is 30.9 Å². The van der Waals surface area contributed by atoms with Gasteiger partial charge in [-0.1, -0.05) is 49.3 Å². The zero-order valence-corrected chi connectivity index (χ0v) is 16.7. The van der Waals surface area contributed by atoms with Gasteiger partial charge < -0.3 is 5.32 Å². The molecule has 1 saturated carbocycles. The lowest BCUT2D eigenvalue weighted by atomic mass is 9.90. The molecule has 9 heteroatoms. The molecule has 2 unspecified atom stereocenters. The minimum absolute atomic E-state index is 0.176. The first-order valence-electron chi connectivity index (χ1n) is 9.69. The zero-order chi connectivity index (χ0) is 20.6. The Morgan fingerprint density at radius 1 is 1.28 bits per heavy atom. The Kier molecular flexibility index (Phi) is 5.33. The Morgan fingerprint density at radius 2 is 2.07 bits per heavy atom. The largest absolute Gasteiger partial charge is 0.416 e. The second-order valence-corrected chi connectivity index (χ2v) is 8.27. The molecule has 0 aliphatic heterocycles. The molecule has 1 aromatic carbocycles. The van der Waals surface area contributed by atoms with Crippen LogP contribution in [-0.4, -0.2) is 20.6 Å². The van der Waals surface area contributed by atoms with Gasteiger partial charge in [0.25, 0.3) is 5.56 Å². The van der Waals surface area contributed by atoms with Crippen molar-refractivity contribution in [2.75, 3.05) is 5.32 Å². The number of rotatable bonds is 5. The molecule has 2 atom stereocenters. The monoisotopic (exact) mass is 422 g/mol. The van der Waals surface area contributed by atoms with Gasteiger partial charge in [0, 0.05) is 23.7 Å². The fourth-order valence-electron chi connectivity index (χ4n) is 4.04. The summed E-state index contributed by atoms with van der Waals surface area (Å²) in [7, 11) is 0. The van der Waals surface area contributed by atoms with E-state index in [1.165, 1.54) is 28.0 Å². The number of benzene rings is 1. The van der Waals surface area contributed by atoms with Crippen LogP contribution in [0.3, 0.4) is 0 Å². The number of hydrogen-bond acceptors (Lipinski definition) is 5. The average Bonchev–Trinajstić information content (AvgIpc) is 3.28. The maximum Gasteiger partial charge on any atom is 0.416 e. The van der Waals surface area contributed by atoms with Crippen LogP contribution in [0.2, 0.25) is 0 Å². The Bertz CT molecular complexity index is 1080. The lowest BCUT2D eigenvalue weighted by Gasteiger charge is -2.24. The van der Waals surface area contributed by atoms with E-state index in [2.05, 4.69) is 15.4 Å². The Morgan fingerprint density at radius 3 is 2.83 bits per heavy atom. The number of nitrogens with one attached hydrogen (secondary N) is 1. The molecule has 0 bridgehead atoms. The molecule has 154 valence electrons. The molecular formula is C20H21F3N4OS. The first-order chi connectivity index (χ1) is 13.9. The van der Waals surface area contributed by atoms with Gasteiger partial charge in [0.05, 0.1) is 5.56 Å². The number of aromatic nitrogens is 3. The quantitative estimate of drug-likeness (QED) is 0.637. The molecule has 2 aromatic heterocycles. The van der Waals surface area contributed by atoms with Crippen molar-refractivity contribution < 1.29 is 13.2 Å². The molecule has 0 radical (unpaired) electrons. The van der Waals surface area contributed by atoms with Crippen LogP contribution in [0, 0.1) is 0 Å². The summed E-state index contributed by atoms with van der Waals surface area (Å²) in [4.78, 5) is 17.2. The third-order valence-corrected chi connectivity index (χ3v) is 6.13. The van der Waals surface area contributed by atoms with Crippen LogP contribution in [0.25, 0.3) is 4.96 Å². The molecule has 29 heavy (non-hydrogen) atoms. The van der Waals surface area contributed by atoms with Crippen LogP contribution in [0.5, 0.6) is 0 Å². The Balaban J connectivity index is 1.63. The second-order valence-electron chi connectivity index (χ2n) is 7.31. The minimum Gasteiger partial charge on any atom is -0.357 e. The molecular weight excluding hydrogens is 401 g/mol. The zero-order valence-electron chi connectivity index (χ0n) is 15.9. The van der Waals surface area contributed by atoms with Crippen LogP contribution in [0.15, 0.2) is 35.1 Å². The molecule has 1 aliphatic rings. The highest BCUT2D eigenvalue weighted by atomic mass is 32.1. The van der Waals surface area contributed by atoms with Crippen LogP contribution in [-0.2, 0) is 12.6 Å². The van der Waals surface area contributed by atoms with Crippen LogP contribution in [0.4, 0.5) is 18.3 Å². The molecule has 3 aromatic rings. The van der Waals surface area contributed by atoms with Gasteiger partial charge in [-0.2, -0.15) is 17.7 Å². The fourth-order valence-corrected chi connectivity index (χ4v) is 4.93. The van der Waals surface area contributed by atoms with E-state index in [-0.39, 0.29) is 17.5 Å². The molecule has 0 spiro atoms. The SMILES string of the molecule is CCCc1cc(=O)n2nc(NC3CCCC3c3ccccc3C(F)(F)F)sc2n1. The average molecular weight is 422 g/mol. The third-order valence-electron chi connectivity index (χ3n) is 5.29. The third kappa shape index (κ3) is 4.01. The molecule has 2 heterocycles. The lowest BCUT2D eigenvalue weighted by Crippen LogP contribution is -2.25. The summed E-state index contributed by atoms with van der Waals surface area (Å²) in [5.74, 6) is -0.264. The van der Waals surface area contributed by atoms with Crippen molar-refractivity contribution in [1.29, 1.82) is 0 Å². The Labute approximate surface area is 169 Å². The van der Waals surface area contributed by atoms with E-state index < -0.39 is 11.7 Å². The summed E-state index contributed by atoms with van der Waals surface area (Å²) in [5, 5.41) is 8.08. The summed E-state index contributed by atoms with van der Waals surface area (Å²) in [5.41, 5.74) is 0.223. The summed E-state index contributed by atoms with van der Waals surface area (Å²) in [6.07, 6.45) is -0.532. The van der Waals surface area contributed by atoms with E-state index in [9.17, 15) is 18.0 Å². The Hall–Kier alpha value is -2.42. The molecule has 0 amide bonds. The van der Waals surface area contributed by atoms with Gasteiger partial charge in [0.1, 0.15) is 0 Å². The van der Waals surface area contributed by atoms with Gasteiger partial charge in [-0.25, -0.2) is 4.98 Å². The predicted octanol–water partition coefficient (Wildman–Crippen LogP) is 4.87. The smallest absolute Gasteiger partial charge is 0.357 e. The first kappa shape index (κ1) is 19.9. The fraction of sp³-hybridized carbons (Fsp3) is 0.450. The van der Waals surface area contributed by atoms with Gasteiger partial charge in [0.2, 0.25) is 10.1 Å². The van der Waals surface area contributed by atoms with Crippen molar-refractivity contribution in [3.8, 4) is 0 Å². The number of aryl methyl sites for hydroxylation is 1. The summed E-state index contributed by atoms with van der Waals surface area (Å²) in [6.45, 7) is 2.02. The minimum atomic E-state index is -4.38. The van der Waals surface area contributed by atoms with Crippen molar-refractivity contribution in [2.24, 2.45) is 0 Å². The van der Waals surface area contributed by atoms with Crippen molar-refractivity contribution >= 4 is 21.4 Å². The van der Waals surface area contributed by atoms with Gasteiger partial charge >= 0.3 is 6.18 Å². The van der Waals surface area contributed by atoms with Crippen molar-refractivity contribution in [2.45, 2.75) is 57.2 Å². The number of nitrogens with zero attached hydrogens (tertiary/aromatic N) is 3. The van der Waals surface area contributed by atoms with Gasteiger partial charge in [-0.3, -0.25) is 4.79 Å². The van der Waals surface area contributed by atoms with E-state index in [0.29, 0.717) is 28.5 Å². The molecule has 0 saturated heterocycles. The van der Waals surface area contributed by atoms with Crippen LogP contribution in [0.1, 0.15) is 55.3 Å². The standard InChI is InChI=1S/C20H21F3N4OS/c1-2-6-12-11-17(28)27-19(24-12)29-18(26-27)25-16-10-5-8-14(16)13-7-3-4-9-15(13)20(21,22)23/h3-4,7,9,11,14,16H,2,5-6,8,10H2,1H3,(H,25,26). The van der Waals surface area contributed by atoms with E-state index >= 15 is 0 Å². The number of halogens is 3. The van der Waals surface area contributed by atoms with E-state index in [1.807, 2.05) is 6.92 Å². The molecule has 1 fully saturated rings. The van der Waals surface area contributed by atoms with Gasteiger partial charge in [0.15, 0.2) is 0 Å². The molecule has 1 N–H and O–H groups in total. The second kappa shape index (κ2) is 7.78. The van der Waals surface area contributed by atoms with Gasteiger partial charge in [-0.15, -0.1) is 5.10 Å². The number of hydrogen-bond donors (Lipinski definition) is 1. The summed E-state index contributed by atoms with van der Waals surface area (Å²) >= 11 is 1.25. The highest BCUT2D eigenvalue weighted by Gasteiger charge is 2.38. The van der Waals surface area contributed by atoms with Crippen molar-refractivity contribution in [1.82, 2.24) is 14.6 Å². The summed E-state index contributed by atoms with van der Waals surface area (Å²) in [6, 6.07) is 7.08. The normalized spacial score (nSPS) is 19.7. The number of fused-ring (bicyclic) bond motifs is 1. The topological polar surface area (TPSA) is 59.3 Å². The van der Waals surface area contributed by atoms with E-state index in [4.69, 9.17) is 0 Å². The lowest BCUT2D eigenvalue weighted by molar-refractivity contribution is -0.138. The summed E-state index contributed by atoms with van der Waals surface area (Å²) < 4.78 is 41.6. The van der Waals surface area contributed by atoms with E-state index in [0.717, 1.165) is 31.0 Å². The molecule has 1 aliphatic carbocycles. The number of anilines is 1. The predicted molar refractivity (Wildman–Crippen MR) is 107 cm³/mol. The van der Waals surface area contributed by atoms with Crippen molar-refractivity contribution in [3.05, 3.63) is 57.5 Å². The maximum absolute atomic E-state index is 13.5.